The van der Waals surface area contributed by atoms with E-state index in [4.69, 9.17) is 4.42 Å². The highest BCUT2D eigenvalue weighted by Crippen LogP contribution is 2.17. The van der Waals surface area contributed by atoms with Gasteiger partial charge < -0.3 is 14.5 Å². The average Bonchev–Trinajstić information content (AvgIpc) is 2.86. The molecule has 1 heterocycles. The van der Waals surface area contributed by atoms with Gasteiger partial charge >= 0.3 is 5.97 Å². The molecule has 0 bridgehead atoms. The molecule has 0 atom stereocenters. The smallest absolute Gasteiger partial charge is 0.341 e. The van der Waals surface area contributed by atoms with E-state index in [2.05, 4.69) is 10.1 Å². The van der Waals surface area contributed by atoms with Crippen LogP contribution >= 0.6 is 0 Å². The molecule has 1 aromatic carbocycles. The van der Waals surface area contributed by atoms with Crippen molar-refractivity contribution in [3.63, 3.8) is 0 Å². The van der Waals surface area contributed by atoms with E-state index in [-0.39, 0.29) is 12.5 Å². The summed E-state index contributed by atoms with van der Waals surface area (Å²) >= 11 is 0. The van der Waals surface area contributed by atoms with Crippen molar-refractivity contribution in [3.8, 4) is 0 Å². The summed E-state index contributed by atoms with van der Waals surface area (Å²) in [4.78, 5) is 25.2. The van der Waals surface area contributed by atoms with Crippen LogP contribution in [-0.2, 0) is 16.1 Å². The molecule has 6 nitrogen and oxygen atoms in total. The molecule has 24 heavy (non-hydrogen) atoms. The summed E-state index contributed by atoms with van der Waals surface area (Å²) in [5, 5.41) is 2.62. The molecule has 0 radical (unpaired) electrons. The number of amides is 1. The van der Waals surface area contributed by atoms with Gasteiger partial charge in [0.05, 0.1) is 20.2 Å². The van der Waals surface area contributed by atoms with Gasteiger partial charge in [0.15, 0.2) is 0 Å². The summed E-state index contributed by atoms with van der Waals surface area (Å²) in [6, 6.07) is 7.28. The highest BCUT2D eigenvalue weighted by atomic mass is 19.1. The number of hydrogen-bond acceptors (Lipinski definition) is 5. The number of hydrogen-bond donors (Lipinski definition) is 1. The predicted octanol–water partition coefficient (Wildman–Crippen LogP) is 2.58. The Hall–Kier alpha value is -2.67. The normalized spacial score (nSPS) is 10.7. The predicted molar refractivity (Wildman–Crippen MR) is 86.1 cm³/mol. The van der Waals surface area contributed by atoms with Gasteiger partial charge in [-0.15, -0.1) is 0 Å². The lowest BCUT2D eigenvalue weighted by atomic mass is 10.2. The Bertz CT molecular complexity index is 742. The minimum absolute atomic E-state index is 0.0871. The van der Waals surface area contributed by atoms with Gasteiger partial charge in [0.1, 0.15) is 22.9 Å². The molecular formula is C17H19FN2O4. The van der Waals surface area contributed by atoms with Gasteiger partial charge in [-0.1, -0.05) is 6.07 Å². The molecule has 0 saturated heterocycles. The molecule has 0 saturated carbocycles. The molecule has 128 valence electrons. The second-order valence-electron chi connectivity index (χ2n) is 5.40. The number of nitrogens with zero attached hydrogens (tertiary/aromatic N) is 1. The summed E-state index contributed by atoms with van der Waals surface area (Å²) in [5.41, 5.74) is 0.764. The van der Waals surface area contributed by atoms with Crippen molar-refractivity contribution in [1.82, 2.24) is 4.90 Å². The Kier molecular flexibility index (Phi) is 5.70. The Morgan fingerprint density at radius 1 is 1.33 bits per heavy atom. The Balaban J connectivity index is 1.92. The third-order valence-electron chi connectivity index (χ3n) is 3.32. The molecule has 0 fully saturated rings. The number of aryl methyl sites for hydroxylation is 1. The van der Waals surface area contributed by atoms with Gasteiger partial charge in [-0.25, -0.2) is 9.18 Å². The van der Waals surface area contributed by atoms with Crippen molar-refractivity contribution in [2.75, 3.05) is 26.0 Å². The number of likely N-dealkylation sites (N-methyl/N-ethyl adjacent to an activating group) is 1. The Morgan fingerprint density at radius 3 is 2.75 bits per heavy atom. The van der Waals surface area contributed by atoms with Crippen LogP contribution in [0.2, 0.25) is 0 Å². The quantitative estimate of drug-likeness (QED) is 0.822. The molecule has 7 heteroatoms. The lowest BCUT2D eigenvalue weighted by Gasteiger charge is -2.14. The minimum atomic E-state index is -0.464. The van der Waals surface area contributed by atoms with Gasteiger partial charge in [0.25, 0.3) is 0 Å². The van der Waals surface area contributed by atoms with E-state index in [0.29, 0.717) is 29.3 Å². The fourth-order valence-corrected chi connectivity index (χ4v) is 2.27. The number of carbonyl (C=O) groups excluding carboxylic acids is 2. The number of benzene rings is 1. The lowest BCUT2D eigenvalue weighted by molar-refractivity contribution is -0.117. The molecule has 0 unspecified atom stereocenters. The van der Waals surface area contributed by atoms with Crippen LogP contribution in [0.1, 0.15) is 21.9 Å². The zero-order valence-corrected chi connectivity index (χ0v) is 13.8. The summed E-state index contributed by atoms with van der Waals surface area (Å²) in [5.74, 6) is -0.139. The van der Waals surface area contributed by atoms with Crippen molar-refractivity contribution >= 4 is 17.6 Å². The molecule has 1 N–H and O–H groups in total. The number of halogens is 1. The number of rotatable bonds is 6. The molecule has 1 aromatic heterocycles. The number of ether oxygens (including phenoxy) is 1. The first-order chi connectivity index (χ1) is 11.4. The van der Waals surface area contributed by atoms with Gasteiger partial charge in [0, 0.05) is 5.69 Å². The van der Waals surface area contributed by atoms with Crippen molar-refractivity contribution in [2.24, 2.45) is 0 Å². The van der Waals surface area contributed by atoms with E-state index in [1.165, 1.54) is 25.3 Å². The van der Waals surface area contributed by atoms with Gasteiger partial charge in [-0.05, 0) is 38.2 Å². The Labute approximate surface area is 139 Å². The first-order valence-corrected chi connectivity index (χ1v) is 7.30. The molecule has 0 aliphatic rings. The SMILES string of the molecule is COC(=O)c1cc(CN(C)CC(=O)Nc2cccc(F)c2)oc1C. The average molecular weight is 334 g/mol. The zero-order valence-electron chi connectivity index (χ0n) is 13.8. The molecule has 2 aromatic rings. The standard InChI is InChI=1S/C17H19FN2O4/c1-11-15(17(22)23-3)8-14(24-11)9-20(2)10-16(21)19-13-6-4-5-12(18)7-13/h4-8H,9-10H2,1-3H3,(H,19,21). The number of methoxy groups -OCH3 is 1. The van der Waals surface area contributed by atoms with Gasteiger partial charge in [-0.2, -0.15) is 0 Å². The summed E-state index contributed by atoms with van der Waals surface area (Å²) in [6.07, 6.45) is 0. The van der Waals surface area contributed by atoms with Crippen LogP contribution in [0.3, 0.4) is 0 Å². The Morgan fingerprint density at radius 2 is 2.08 bits per heavy atom. The monoisotopic (exact) mass is 334 g/mol. The highest BCUT2D eigenvalue weighted by molar-refractivity contribution is 5.92. The number of carbonyl (C=O) groups is 2. The van der Waals surface area contributed by atoms with Crippen molar-refractivity contribution in [3.05, 3.63) is 53.2 Å². The van der Waals surface area contributed by atoms with Gasteiger partial charge in [-0.3, -0.25) is 9.69 Å². The van der Waals surface area contributed by atoms with E-state index in [1.807, 2.05) is 0 Å². The first kappa shape index (κ1) is 17.7. The fourth-order valence-electron chi connectivity index (χ4n) is 2.27. The third kappa shape index (κ3) is 4.66. The highest BCUT2D eigenvalue weighted by Gasteiger charge is 2.17. The largest absolute Gasteiger partial charge is 0.465 e. The molecule has 0 aliphatic heterocycles. The second kappa shape index (κ2) is 7.74. The van der Waals surface area contributed by atoms with Gasteiger partial charge in [0.2, 0.25) is 5.91 Å². The maximum atomic E-state index is 13.1. The second-order valence-corrected chi connectivity index (χ2v) is 5.40. The molecular weight excluding hydrogens is 315 g/mol. The fraction of sp³-hybridized carbons (Fsp3) is 0.294. The van der Waals surface area contributed by atoms with Crippen LogP contribution < -0.4 is 5.32 Å². The van der Waals surface area contributed by atoms with Crippen LogP contribution in [0.25, 0.3) is 0 Å². The topological polar surface area (TPSA) is 71.8 Å². The maximum absolute atomic E-state index is 13.1. The van der Waals surface area contributed by atoms with Crippen molar-refractivity contribution < 1.29 is 23.1 Å². The van der Waals surface area contributed by atoms with Crippen LogP contribution in [0.4, 0.5) is 10.1 Å². The summed E-state index contributed by atoms with van der Waals surface area (Å²) < 4.78 is 23.3. The van der Waals surface area contributed by atoms with Crippen molar-refractivity contribution in [2.45, 2.75) is 13.5 Å². The van der Waals surface area contributed by atoms with E-state index < -0.39 is 11.8 Å². The van der Waals surface area contributed by atoms with Crippen LogP contribution in [0.5, 0.6) is 0 Å². The number of esters is 1. The zero-order chi connectivity index (χ0) is 17.7. The number of anilines is 1. The van der Waals surface area contributed by atoms with Crippen LogP contribution in [0.15, 0.2) is 34.7 Å². The molecule has 0 spiro atoms. The molecule has 1 amide bonds. The minimum Gasteiger partial charge on any atom is -0.465 e. The third-order valence-corrected chi connectivity index (χ3v) is 3.32. The lowest BCUT2D eigenvalue weighted by Crippen LogP contribution is -2.29. The number of furan rings is 1. The van der Waals surface area contributed by atoms with E-state index in [1.54, 1.807) is 31.0 Å². The number of nitrogens with one attached hydrogen (secondary N) is 1. The first-order valence-electron chi connectivity index (χ1n) is 7.30. The molecule has 2 rings (SSSR count). The van der Waals surface area contributed by atoms with Crippen LogP contribution in [-0.4, -0.2) is 37.5 Å². The van der Waals surface area contributed by atoms with E-state index in [0.717, 1.165) is 0 Å². The van der Waals surface area contributed by atoms with E-state index in [9.17, 15) is 14.0 Å². The summed E-state index contributed by atoms with van der Waals surface area (Å²) in [6.45, 7) is 2.10. The maximum Gasteiger partial charge on any atom is 0.341 e. The van der Waals surface area contributed by atoms with Crippen LogP contribution in [0, 0.1) is 12.7 Å². The van der Waals surface area contributed by atoms with E-state index >= 15 is 0 Å². The molecule has 0 aliphatic carbocycles. The summed E-state index contributed by atoms with van der Waals surface area (Å²) in [7, 11) is 3.04. The van der Waals surface area contributed by atoms with Crippen molar-refractivity contribution in [1.29, 1.82) is 0 Å².